The van der Waals surface area contributed by atoms with Gasteiger partial charge in [0.1, 0.15) is 10.7 Å². The molecule has 0 spiro atoms. The molecule has 0 radical (unpaired) electrons. The Morgan fingerprint density at radius 3 is 2.89 bits per heavy atom. The second-order valence-electron chi connectivity index (χ2n) is 3.75. The summed E-state index contributed by atoms with van der Waals surface area (Å²) in [6.45, 7) is 3.24. The van der Waals surface area contributed by atoms with Crippen LogP contribution in [0.1, 0.15) is 12.7 Å². The van der Waals surface area contributed by atoms with Crippen molar-refractivity contribution in [3.63, 3.8) is 0 Å². The van der Waals surface area contributed by atoms with Crippen LogP contribution in [0, 0.1) is 0 Å². The third-order valence-corrected chi connectivity index (χ3v) is 5.24. The van der Waals surface area contributed by atoms with Crippen molar-refractivity contribution >= 4 is 43.0 Å². The molecule has 0 bridgehead atoms. The molecule has 2 aromatic rings. The molecule has 0 aliphatic rings. The predicted octanol–water partition coefficient (Wildman–Crippen LogP) is 3.01. The summed E-state index contributed by atoms with van der Waals surface area (Å²) in [5, 5.41) is 6.61. The molecule has 0 amide bonds. The van der Waals surface area contributed by atoms with Crippen LogP contribution in [0.5, 0.6) is 0 Å². The highest BCUT2D eigenvalue weighted by Gasteiger charge is 2.22. The molecule has 2 N–H and O–H groups in total. The minimum atomic E-state index is -3.63. The van der Waals surface area contributed by atoms with Gasteiger partial charge in [0.05, 0.1) is 12.2 Å². The Morgan fingerprint density at radius 1 is 1.47 bits per heavy atom. The van der Waals surface area contributed by atoms with Gasteiger partial charge in [-0.15, -0.1) is 0 Å². The van der Waals surface area contributed by atoms with Gasteiger partial charge < -0.3 is 9.73 Å². The van der Waals surface area contributed by atoms with Gasteiger partial charge in [0.2, 0.25) is 0 Å². The van der Waals surface area contributed by atoms with Crippen molar-refractivity contribution in [2.45, 2.75) is 18.4 Å². The van der Waals surface area contributed by atoms with Gasteiger partial charge >= 0.3 is 0 Å². The Hall–Kier alpha value is -0.830. The number of nitrogens with one attached hydrogen (secondary N) is 2. The average molecular weight is 365 g/mol. The first-order valence-corrected chi connectivity index (χ1v) is 8.78. The summed E-state index contributed by atoms with van der Waals surface area (Å²) in [6, 6.07) is 3.22. The van der Waals surface area contributed by atoms with E-state index in [1.54, 1.807) is 16.8 Å². The molecule has 2 aromatic heterocycles. The fourth-order valence-electron chi connectivity index (χ4n) is 1.45. The quantitative estimate of drug-likeness (QED) is 0.826. The molecule has 0 unspecified atom stereocenters. The van der Waals surface area contributed by atoms with Crippen LogP contribution in [-0.4, -0.2) is 15.0 Å². The molecule has 0 saturated carbocycles. The highest BCUT2D eigenvalue weighted by molar-refractivity contribution is 9.10. The molecule has 2 rings (SSSR count). The second kappa shape index (κ2) is 6.08. The zero-order valence-corrected chi connectivity index (χ0v) is 13.4. The number of furan rings is 1. The van der Waals surface area contributed by atoms with E-state index in [4.69, 9.17) is 4.42 Å². The third-order valence-electron chi connectivity index (χ3n) is 2.32. The number of sulfonamides is 1. The molecular weight excluding hydrogens is 352 g/mol. The summed E-state index contributed by atoms with van der Waals surface area (Å²) in [6.07, 6.45) is 0. The minimum absolute atomic E-state index is 0.103. The van der Waals surface area contributed by atoms with Crippen LogP contribution in [0.25, 0.3) is 0 Å². The number of anilines is 1. The first-order valence-electron chi connectivity index (χ1n) is 5.57. The maximum Gasteiger partial charge on any atom is 0.266 e. The zero-order valence-electron chi connectivity index (χ0n) is 10.1. The van der Waals surface area contributed by atoms with Crippen molar-refractivity contribution in [1.82, 2.24) is 5.32 Å². The molecule has 0 aliphatic carbocycles. The molecule has 2 heterocycles. The van der Waals surface area contributed by atoms with Crippen LogP contribution in [0.15, 0.2) is 36.9 Å². The summed E-state index contributed by atoms with van der Waals surface area (Å²) in [7, 11) is -3.63. The Balaban J connectivity index is 2.22. The number of hydrogen-bond donors (Lipinski definition) is 2. The van der Waals surface area contributed by atoms with Crippen LogP contribution >= 0.6 is 27.3 Å². The fourth-order valence-corrected chi connectivity index (χ4v) is 4.16. The van der Waals surface area contributed by atoms with Gasteiger partial charge in [-0.05, 0) is 33.9 Å². The maximum atomic E-state index is 12.2. The van der Waals surface area contributed by atoms with Crippen LogP contribution in [0.2, 0.25) is 0 Å². The Bertz CT molecular complexity index is 635. The lowest BCUT2D eigenvalue weighted by Crippen LogP contribution is -2.12. The van der Waals surface area contributed by atoms with Gasteiger partial charge in [-0.2, -0.15) is 11.3 Å². The predicted molar refractivity (Wildman–Crippen MR) is 78.9 cm³/mol. The van der Waals surface area contributed by atoms with Crippen molar-refractivity contribution in [2.75, 3.05) is 11.3 Å². The standard InChI is InChI=1S/C11H13BrN2O3S2/c1-2-13-6-9-5-10(11(12)17-9)19(15,16)14-8-3-4-18-7-8/h3-5,7,13-14H,2,6H2,1H3. The van der Waals surface area contributed by atoms with E-state index in [1.165, 1.54) is 17.4 Å². The summed E-state index contributed by atoms with van der Waals surface area (Å²) >= 11 is 4.56. The molecule has 0 saturated heterocycles. The molecule has 0 aromatic carbocycles. The number of rotatable bonds is 6. The highest BCUT2D eigenvalue weighted by Crippen LogP contribution is 2.28. The molecule has 8 heteroatoms. The lowest BCUT2D eigenvalue weighted by molar-refractivity contribution is 0.464. The van der Waals surface area contributed by atoms with Gasteiger partial charge in [0, 0.05) is 11.4 Å². The Morgan fingerprint density at radius 2 is 2.26 bits per heavy atom. The lowest BCUT2D eigenvalue weighted by atomic mass is 10.4. The monoisotopic (exact) mass is 364 g/mol. The van der Waals surface area contributed by atoms with Gasteiger partial charge in [0.15, 0.2) is 4.67 Å². The van der Waals surface area contributed by atoms with E-state index in [2.05, 4.69) is 26.0 Å². The van der Waals surface area contributed by atoms with Crippen LogP contribution < -0.4 is 10.0 Å². The average Bonchev–Trinajstić information content (AvgIpc) is 2.95. The number of hydrogen-bond acceptors (Lipinski definition) is 5. The van der Waals surface area contributed by atoms with E-state index in [1.807, 2.05) is 6.92 Å². The molecule has 0 fully saturated rings. The van der Waals surface area contributed by atoms with Gasteiger partial charge in [-0.3, -0.25) is 4.72 Å². The first-order chi connectivity index (χ1) is 9.03. The number of thiophene rings is 1. The topological polar surface area (TPSA) is 71.3 Å². The lowest BCUT2D eigenvalue weighted by Gasteiger charge is -2.03. The van der Waals surface area contributed by atoms with E-state index in [0.717, 1.165) is 6.54 Å². The highest BCUT2D eigenvalue weighted by atomic mass is 79.9. The Kier molecular flexibility index (Phi) is 4.67. The summed E-state index contributed by atoms with van der Waals surface area (Å²) in [5.41, 5.74) is 0.548. The van der Waals surface area contributed by atoms with Crippen molar-refractivity contribution < 1.29 is 12.8 Å². The smallest absolute Gasteiger partial charge is 0.266 e. The molecule has 0 atom stereocenters. The minimum Gasteiger partial charge on any atom is -0.451 e. The van der Waals surface area contributed by atoms with Crippen molar-refractivity contribution in [2.24, 2.45) is 0 Å². The normalized spacial score (nSPS) is 11.7. The zero-order chi connectivity index (χ0) is 13.9. The van der Waals surface area contributed by atoms with E-state index in [0.29, 0.717) is 18.0 Å². The molecule has 0 aliphatic heterocycles. The largest absolute Gasteiger partial charge is 0.451 e. The van der Waals surface area contributed by atoms with Gasteiger partial charge in [-0.1, -0.05) is 6.92 Å². The molecule has 5 nitrogen and oxygen atoms in total. The van der Waals surface area contributed by atoms with Crippen LogP contribution in [0.3, 0.4) is 0 Å². The third kappa shape index (κ3) is 3.59. The summed E-state index contributed by atoms with van der Waals surface area (Å²) < 4.78 is 32.4. The van der Waals surface area contributed by atoms with Crippen LogP contribution in [-0.2, 0) is 16.6 Å². The van der Waals surface area contributed by atoms with E-state index < -0.39 is 10.0 Å². The second-order valence-corrected chi connectivity index (χ2v) is 6.90. The van der Waals surface area contributed by atoms with Crippen LogP contribution in [0.4, 0.5) is 5.69 Å². The summed E-state index contributed by atoms with van der Waals surface area (Å²) in [5.74, 6) is 0.569. The van der Waals surface area contributed by atoms with E-state index in [-0.39, 0.29) is 9.56 Å². The summed E-state index contributed by atoms with van der Waals surface area (Å²) in [4.78, 5) is 0.103. The van der Waals surface area contributed by atoms with Crippen molar-refractivity contribution in [1.29, 1.82) is 0 Å². The maximum absolute atomic E-state index is 12.2. The number of halogens is 1. The van der Waals surface area contributed by atoms with Crippen molar-refractivity contribution in [3.05, 3.63) is 33.3 Å². The fraction of sp³-hybridized carbons (Fsp3) is 0.273. The Labute approximate surface area is 124 Å². The van der Waals surface area contributed by atoms with E-state index >= 15 is 0 Å². The SMILES string of the molecule is CCNCc1cc(S(=O)(=O)Nc2ccsc2)c(Br)o1. The van der Waals surface area contributed by atoms with Gasteiger partial charge in [-0.25, -0.2) is 8.42 Å². The van der Waals surface area contributed by atoms with Crippen molar-refractivity contribution in [3.8, 4) is 0 Å². The first kappa shape index (κ1) is 14.6. The molecular formula is C11H13BrN2O3S2. The van der Waals surface area contributed by atoms with Gasteiger partial charge in [0.25, 0.3) is 10.0 Å². The van der Waals surface area contributed by atoms with E-state index in [9.17, 15) is 8.42 Å². The molecule has 19 heavy (non-hydrogen) atoms. The molecule has 104 valence electrons.